The Morgan fingerprint density at radius 1 is 1.08 bits per heavy atom. The lowest BCUT2D eigenvalue weighted by molar-refractivity contribution is 0.308. The Kier molecular flexibility index (Phi) is 4.01. The fraction of sp³-hybridized carbons (Fsp3) is 0.250. The van der Waals surface area contributed by atoms with Crippen LogP contribution in [0, 0.1) is 5.82 Å². The van der Waals surface area contributed by atoms with E-state index in [9.17, 15) is 9.50 Å². The Hall–Kier alpha value is -2.66. The van der Waals surface area contributed by atoms with Gasteiger partial charge in [0.05, 0.1) is 12.2 Å². The van der Waals surface area contributed by atoms with Crippen LogP contribution in [0.4, 0.5) is 4.39 Å². The molecule has 4 rings (SSSR count). The first-order chi connectivity index (χ1) is 12.1. The molecule has 2 heterocycles. The number of phenols is 1. The lowest BCUT2D eigenvalue weighted by Crippen LogP contribution is -2.27. The van der Waals surface area contributed by atoms with Crippen LogP contribution in [0.25, 0.3) is 11.3 Å². The normalized spacial score (nSPS) is 14.5. The molecule has 0 saturated heterocycles. The zero-order valence-electron chi connectivity index (χ0n) is 14.1. The molecule has 0 spiro atoms. The maximum atomic E-state index is 13.3. The van der Waals surface area contributed by atoms with Gasteiger partial charge in [0, 0.05) is 36.3 Å². The van der Waals surface area contributed by atoms with Crippen molar-refractivity contribution in [1.29, 1.82) is 0 Å². The van der Waals surface area contributed by atoms with E-state index in [2.05, 4.69) is 11.9 Å². The quantitative estimate of drug-likeness (QED) is 0.796. The van der Waals surface area contributed by atoms with Crippen molar-refractivity contribution < 1.29 is 9.50 Å². The standard InChI is InChI=1S/C20H20FN3O/c1-23-11-10-19-18(13-23)20(15-4-6-16(21)7-5-15)22-24(19)12-14-2-8-17(25)9-3-14/h2-9,25H,10-13H2,1H3. The first kappa shape index (κ1) is 15.8. The zero-order valence-corrected chi connectivity index (χ0v) is 14.1. The molecule has 3 aromatic rings. The summed E-state index contributed by atoms with van der Waals surface area (Å²) >= 11 is 0. The highest BCUT2D eigenvalue weighted by atomic mass is 19.1. The van der Waals surface area contributed by atoms with Crippen LogP contribution in [-0.2, 0) is 19.5 Å². The number of rotatable bonds is 3. The summed E-state index contributed by atoms with van der Waals surface area (Å²) in [5.74, 6) is 0.0260. The molecule has 5 heteroatoms. The largest absolute Gasteiger partial charge is 0.508 e. The van der Waals surface area contributed by atoms with Crippen molar-refractivity contribution in [1.82, 2.24) is 14.7 Å². The summed E-state index contributed by atoms with van der Waals surface area (Å²) in [7, 11) is 2.11. The van der Waals surface area contributed by atoms with Crippen LogP contribution in [0.5, 0.6) is 5.75 Å². The van der Waals surface area contributed by atoms with Crippen LogP contribution < -0.4 is 0 Å². The number of fused-ring (bicyclic) bond motifs is 1. The maximum Gasteiger partial charge on any atom is 0.123 e. The Morgan fingerprint density at radius 2 is 1.80 bits per heavy atom. The molecule has 0 fully saturated rings. The number of halogens is 1. The van der Waals surface area contributed by atoms with Gasteiger partial charge in [0.2, 0.25) is 0 Å². The second-order valence-electron chi connectivity index (χ2n) is 6.59. The van der Waals surface area contributed by atoms with Crippen molar-refractivity contribution in [3.05, 3.63) is 71.2 Å². The topological polar surface area (TPSA) is 41.3 Å². The Balaban J connectivity index is 1.76. The van der Waals surface area contributed by atoms with Gasteiger partial charge in [-0.25, -0.2) is 4.39 Å². The molecule has 0 unspecified atom stereocenters. The molecule has 1 aliphatic heterocycles. The van der Waals surface area contributed by atoms with E-state index >= 15 is 0 Å². The lowest BCUT2D eigenvalue weighted by Gasteiger charge is -2.23. The first-order valence-corrected chi connectivity index (χ1v) is 8.41. The lowest BCUT2D eigenvalue weighted by atomic mass is 10.0. The van der Waals surface area contributed by atoms with Crippen molar-refractivity contribution in [2.24, 2.45) is 0 Å². The zero-order chi connectivity index (χ0) is 17.4. The third-order valence-electron chi connectivity index (χ3n) is 4.71. The fourth-order valence-electron chi connectivity index (χ4n) is 3.37. The number of aromatic hydroxyl groups is 1. The summed E-state index contributed by atoms with van der Waals surface area (Å²) in [5, 5.41) is 14.3. The fourth-order valence-corrected chi connectivity index (χ4v) is 3.37. The molecular formula is C20H20FN3O. The first-order valence-electron chi connectivity index (χ1n) is 8.41. The van der Waals surface area contributed by atoms with Gasteiger partial charge in [-0.05, 0) is 49.0 Å². The summed E-state index contributed by atoms with van der Waals surface area (Å²) in [6, 6.07) is 13.8. The predicted molar refractivity (Wildman–Crippen MR) is 94.9 cm³/mol. The third-order valence-corrected chi connectivity index (χ3v) is 4.71. The van der Waals surface area contributed by atoms with Gasteiger partial charge in [0.25, 0.3) is 0 Å². The van der Waals surface area contributed by atoms with Gasteiger partial charge in [-0.15, -0.1) is 0 Å². The minimum atomic E-state index is -0.238. The third kappa shape index (κ3) is 3.15. The van der Waals surface area contributed by atoms with Crippen LogP contribution in [0.2, 0.25) is 0 Å². The second kappa shape index (κ2) is 6.33. The molecule has 2 aromatic carbocycles. The number of nitrogens with zero attached hydrogens (tertiary/aromatic N) is 3. The van der Waals surface area contributed by atoms with Crippen molar-refractivity contribution >= 4 is 0 Å². The number of hydrogen-bond donors (Lipinski definition) is 1. The number of likely N-dealkylation sites (N-methyl/N-ethyl adjacent to an activating group) is 1. The van der Waals surface area contributed by atoms with Crippen LogP contribution in [-0.4, -0.2) is 33.4 Å². The van der Waals surface area contributed by atoms with E-state index in [1.165, 1.54) is 23.4 Å². The van der Waals surface area contributed by atoms with Gasteiger partial charge in [-0.1, -0.05) is 12.1 Å². The molecule has 25 heavy (non-hydrogen) atoms. The predicted octanol–water partition coefficient (Wildman–Crippen LogP) is 3.43. The molecule has 0 atom stereocenters. The molecule has 128 valence electrons. The van der Waals surface area contributed by atoms with E-state index in [1.807, 2.05) is 16.8 Å². The van der Waals surface area contributed by atoms with Gasteiger partial charge in [-0.2, -0.15) is 5.10 Å². The molecular weight excluding hydrogens is 317 g/mol. The Bertz CT molecular complexity index is 885. The van der Waals surface area contributed by atoms with E-state index in [1.54, 1.807) is 24.3 Å². The second-order valence-corrected chi connectivity index (χ2v) is 6.59. The number of hydrogen-bond acceptors (Lipinski definition) is 3. The highest BCUT2D eigenvalue weighted by molar-refractivity contribution is 5.64. The Morgan fingerprint density at radius 3 is 2.52 bits per heavy atom. The van der Waals surface area contributed by atoms with Crippen LogP contribution >= 0.6 is 0 Å². The number of aromatic nitrogens is 2. The molecule has 1 aliphatic rings. The smallest absolute Gasteiger partial charge is 0.123 e. The molecule has 0 bridgehead atoms. The van der Waals surface area contributed by atoms with Crippen LogP contribution in [0.1, 0.15) is 16.8 Å². The number of phenolic OH excluding ortho intramolecular Hbond substituents is 1. The molecule has 1 N–H and O–H groups in total. The minimum Gasteiger partial charge on any atom is -0.508 e. The maximum absolute atomic E-state index is 13.3. The average Bonchev–Trinajstić information content (AvgIpc) is 2.95. The van der Waals surface area contributed by atoms with Crippen molar-refractivity contribution in [2.75, 3.05) is 13.6 Å². The minimum absolute atomic E-state index is 0.238. The van der Waals surface area contributed by atoms with Crippen LogP contribution in [0.3, 0.4) is 0 Å². The average molecular weight is 337 g/mol. The summed E-state index contributed by atoms with van der Waals surface area (Å²) in [6.45, 7) is 2.50. The van der Waals surface area contributed by atoms with Gasteiger partial charge in [-0.3, -0.25) is 4.68 Å². The summed E-state index contributed by atoms with van der Waals surface area (Å²) < 4.78 is 15.3. The molecule has 0 aliphatic carbocycles. The highest BCUT2D eigenvalue weighted by Gasteiger charge is 2.24. The van der Waals surface area contributed by atoms with Crippen molar-refractivity contribution in [2.45, 2.75) is 19.5 Å². The van der Waals surface area contributed by atoms with Gasteiger partial charge >= 0.3 is 0 Å². The van der Waals surface area contributed by atoms with Gasteiger partial charge < -0.3 is 10.0 Å². The summed E-state index contributed by atoms with van der Waals surface area (Å²) in [4.78, 5) is 2.28. The molecule has 0 saturated carbocycles. The van der Waals surface area contributed by atoms with E-state index in [-0.39, 0.29) is 11.6 Å². The van der Waals surface area contributed by atoms with E-state index < -0.39 is 0 Å². The molecule has 4 nitrogen and oxygen atoms in total. The van der Waals surface area contributed by atoms with Crippen molar-refractivity contribution in [3.63, 3.8) is 0 Å². The Labute approximate surface area is 146 Å². The van der Waals surface area contributed by atoms with Crippen LogP contribution in [0.15, 0.2) is 48.5 Å². The van der Waals surface area contributed by atoms with Gasteiger partial charge in [0.1, 0.15) is 11.6 Å². The van der Waals surface area contributed by atoms with Gasteiger partial charge in [0.15, 0.2) is 0 Å². The molecule has 0 amide bonds. The number of benzene rings is 2. The SMILES string of the molecule is CN1CCc2c(c(-c3ccc(F)cc3)nn2Cc2ccc(O)cc2)C1. The monoisotopic (exact) mass is 337 g/mol. The van der Waals surface area contributed by atoms with E-state index in [0.717, 1.165) is 36.3 Å². The summed E-state index contributed by atoms with van der Waals surface area (Å²) in [6.07, 6.45) is 0.943. The molecule has 1 aromatic heterocycles. The van der Waals surface area contributed by atoms with E-state index in [0.29, 0.717) is 6.54 Å². The highest BCUT2D eigenvalue weighted by Crippen LogP contribution is 2.30. The summed E-state index contributed by atoms with van der Waals surface area (Å²) in [5.41, 5.74) is 5.43. The van der Waals surface area contributed by atoms with Crippen molar-refractivity contribution in [3.8, 4) is 17.0 Å². The van der Waals surface area contributed by atoms with E-state index in [4.69, 9.17) is 5.10 Å². The molecule has 0 radical (unpaired) electrons.